The van der Waals surface area contributed by atoms with Crippen LogP contribution in [0, 0.1) is 5.82 Å². The minimum atomic E-state index is -0.452. The number of nitrogen functional groups attached to an aromatic ring is 1. The van der Waals surface area contributed by atoms with Crippen molar-refractivity contribution >= 4 is 17.3 Å². The van der Waals surface area contributed by atoms with Crippen molar-refractivity contribution in [1.29, 1.82) is 0 Å². The van der Waals surface area contributed by atoms with Crippen LogP contribution < -0.4 is 15.8 Å². The predicted octanol–water partition coefficient (Wildman–Crippen LogP) is 3.91. The Morgan fingerprint density at radius 1 is 1.17 bits per heavy atom. The molecule has 0 saturated heterocycles. The van der Waals surface area contributed by atoms with Gasteiger partial charge in [-0.3, -0.25) is 4.79 Å². The summed E-state index contributed by atoms with van der Waals surface area (Å²) in [5, 5.41) is 2.70. The van der Waals surface area contributed by atoms with E-state index in [0.717, 1.165) is 31.2 Å². The largest absolute Gasteiger partial charge is 0.487 e. The lowest BCUT2D eigenvalue weighted by atomic mass is 10.1. The molecule has 1 saturated carbocycles. The number of nitrogens with two attached hydrogens (primary N) is 1. The van der Waals surface area contributed by atoms with Gasteiger partial charge in [-0.25, -0.2) is 4.39 Å². The summed E-state index contributed by atoms with van der Waals surface area (Å²) in [6.45, 7) is 0. The van der Waals surface area contributed by atoms with E-state index in [4.69, 9.17) is 10.5 Å². The van der Waals surface area contributed by atoms with Gasteiger partial charge >= 0.3 is 0 Å². The van der Waals surface area contributed by atoms with Gasteiger partial charge in [-0.1, -0.05) is 12.1 Å². The zero-order valence-electron chi connectivity index (χ0n) is 13.4. The maximum Gasteiger partial charge on any atom is 0.228 e. The Morgan fingerprint density at radius 2 is 1.88 bits per heavy atom. The van der Waals surface area contributed by atoms with Crippen LogP contribution in [0.5, 0.6) is 5.75 Å². The van der Waals surface area contributed by atoms with Crippen LogP contribution in [-0.4, -0.2) is 12.0 Å². The molecule has 5 heteroatoms. The standard InChI is InChI=1S/C19H21FN2O2/c20-17-12-15(9-10-18(17)24-16-3-1-2-4-16)22-19(23)11-13-5-7-14(21)8-6-13/h5-10,12,16H,1-4,11,21H2,(H,22,23). The van der Waals surface area contributed by atoms with Crippen LogP contribution in [0.2, 0.25) is 0 Å². The Hall–Kier alpha value is -2.56. The molecule has 24 heavy (non-hydrogen) atoms. The number of ether oxygens (including phenoxy) is 1. The summed E-state index contributed by atoms with van der Waals surface area (Å²) >= 11 is 0. The van der Waals surface area contributed by atoms with E-state index in [1.54, 1.807) is 36.4 Å². The fourth-order valence-electron chi connectivity index (χ4n) is 2.89. The molecule has 0 bridgehead atoms. The quantitative estimate of drug-likeness (QED) is 0.818. The van der Waals surface area contributed by atoms with Crippen molar-refractivity contribution in [1.82, 2.24) is 0 Å². The second-order valence-corrected chi connectivity index (χ2v) is 6.14. The third kappa shape index (κ3) is 4.25. The normalized spacial score (nSPS) is 14.5. The highest BCUT2D eigenvalue weighted by Crippen LogP contribution is 2.27. The van der Waals surface area contributed by atoms with E-state index in [9.17, 15) is 9.18 Å². The molecule has 0 spiro atoms. The van der Waals surface area contributed by atoms with Crippen molar-refractivity contribution < 1.29 is 13.9 Å². The van der Waals surface area contributed by atoms with E-state index >= 15 is 0 Å². The third-order valence-electron chi connectivity index (χ3n) is 4.16. The molecule has 1 aliphatic carbocycles. The molecular formula is C19H21FN2O2. The minimum absolute atomic E-state index is 0.102. The van der Waals surface area contributed by atoms with E-state index in [0.29, 0.717) is 11.4 Å². The number of carbonyl (C=O) groups excluding carboxylic acids is 1. The number of halogens is 1. The number of nitrogens with one attached hydrogen (secondary N) is 1. The third-order valence-corrected chi connectivity index (χ3v) is 4.16. The first kappa shape index (κ1) is 16.3. The lowest BCUT2D eigenvalue weighted by Gasteiger charge is -2.14. The number of rotatable bonds is 5. The SMILES string of the molecule is Nc1ccc(CC(=O)Nc2ccc(OC3CCCC3)c(F)c2)cc1. The van der Waals surface area contributed by atoms with E-state index in [2.05, 4.69) is 5.32 Å². The van der Waals surface area contributed by atoms with Crippen LogP contribution in [0.15, 0.2) is 42.5 Å². The van der Waals surface area contributed by atoms with Crippen LogP contribution in [0.25, 0.3) is 0 Å². The summed E-state index contributed by atoms with van der Waals surface area (Å²) < 4.78 is 19.8. The van der Waals surface area contributed by atoms with Crippen molar-refractivity contribution in [2.24, 2.45) is 0 Å². The molecule has 0 aromatic heterocycles. The van der Waals surface area contributed by atoms with Gasteiger partial charge < -0.3 is 15.8 Å². The molecule has 1 aliphatic rings. The molecule has 3 rings (SSSR count). The highest BCUT2D eigenvalue weighted by Gasteiger charge is 2.18. The Labute approximate surface area is 140 Å². The van der Waals surface area contributed by atoms with Gasteiger partial charge in [-0.2, -0.15) is 0 Å². The van der Waals surface area contributed by atoms with Crippen LogP contribution in [0.4, 0.5) is 15.8 Å². The highest BCUT2D eigenvalue weighted by atomic mass is 19.1. The van der Waals surface area contributed by atoms with Crippen molar-refractivity contribution in [3.63, 3.8) is 0 Å². The van der Waals surface area contributed by atoms with E-state index in [-0.39, 0.29) is 24.2 Å². The fourth-order valence-corrected chi connectivity index (χ4v) is 2.89. The topological polar surface area (TPSA) is 64.4 Å². The minimum Gasteiger partial charge on any atom is -0.487 e. The first-order valence-corrected chi connectivity index (χ1v) is 8.20. The van der Waals surface area contributed by atoms with Crippen molar-refractivity contribution in [3.8, 4) is 5.75 Å². The smallest absolute Gasteiger partial charge is 0.228 e. The van der Waals surface area contributed by atoms with Crippen LogP contribution in [0.1, 0.15) is 31.2 Å². The van der Waals surface area contributed by atoms with Gasteiger partial charge in [0.05, 0.1) is 12.5 Å². The first-order valence-electron chi connectivity index (χ1n) is 8.20. The van der Waals surface area contributed by atoms with Gasteiger partial charge in [0.25, 0.3) is 0 Å². The highest BCUT2D eigenvalue weighted by molar-refractivity contribution is 5.92. The number of benzene rings is 2. The molecule has 2 aromatic rings. The number of anilines is 2. The van der Waals surface area contributed by atoms with Gasteiger partial charge in [0.1, 0.15) is 0 Å². The van der Waals surface area contributed by atoms with Crippen molar-refractivity contribution in [2.75, 3.05) is 11.1 Å². The Balaban J connectivity index is 1.59. The molecule has 0 heterocycles. The van der Waals surface area contributed by atoms with Crippen LogP contribution in [-0.2, 0) is 11.2 Å². The molecule has 2 aromatic carbocycles. The molecule has 3 N–H and O–H groups in total. The molecule has 0 atom stereocenters. The summed E-state index contributed by atoms with van der Waals surface area (Å²) in [5.41, 5.74) is 7.54. The Morgan fingerprint density at radius 3 is 2.54 bits per heavy atom. The summed E-state index contributed by atoms with van der Waals surface area (Å²) in [6.07, 6.45) is 4.52. The van der Waals surface area contributed by atoms with E-state index in [1.165, 1.54) is 6.07 Å². The summed E-state index contributed by atoms with van der Waals surface area (Å²) in [4.78, 5) is 12.0. The average molecular weight is 328 g/mol. The maximum absolute atomic E-state index is 14.1. The molecule has 0 unspecified atom stereocenters. The monoisotopic (exact) mass is 328 g/mol. The molecule has 126 valence electrons. The number of amides is 1. The number of carbonyl (C=O) groups is 1. The molecule has 0 aliphatic heterocycles. The second-order valence-electron chi connectivity index (χ2n) is 6.14. The maximum atomic E-state index is 14.1. The Bertz CT molecular complexity index is 710. The molecule has 1 fully saturated rings. The molecule has 1 amide bonds. The number of hydrogen-bond acceptors (Lipinski definition) is 3. The summed E-state index contributed by atoms with van der Waals surface area (Å²) in [6, 6.07) is 11.6. The van der Waals surface area contributed by atoms with Gasteiger partial charge in [0, 0.05) is 17.4 Å². The van der Waals surface area contributed by atoms with Gasteiger partial charge in [-0.05, 0) is 55.5 Å². The lowest BCUT2D eigenvalue weighted by Crippen LogP contribution is -2.15. The number of hydrogen-bond donors (Lipinski definition) is 2. The predicted molar refractivity (Wildman–Crippen MR) is 92.5 cm³/mol. The lowest BCUT2D eigenvalue weighted by molar-refractivity contribution is -0.115. The van der Waals surface area contributed by atoms with Crippen molar-refractivity contribution in [3.05, 3.63) is 53.8 Å². The fraction of sp³-hybridized carbons (Fsp3) is 0.316. The molecule has 4 nitrogen and oxygen atoms in total. The van der Waals surface area contributed by atoms with Crippen LogP contribution in [0.3, 0.4) is 0 Å². The van der Waals surface area contributed by atoms with Gasteiger partial charge in [0.15, 0.2) is 11.6 Å². The van der Waals surface area contributed by atoms with Crippen molar-refractivity contribution in [2.45, 2.75) is 38.2 Å². The Kier molecular flexibility index (Phi) is 4.99. The van der Waals surface area contributed by atoms with E-state index < -0.39 is 5.82 Å². The average Bonchev–Trinajstić information content (AvgIpc) is 3.05. The summed E-state index contributed by atoms with van der Waals surface area (Å²) in [5.74, 6) is -0.408. The second kappa shape index (κ2) is 7.34. The zero-order valence-corrected chi connectivity index (χ0v) is 13.4. The summed E-state index contributed by atoms with van der Waals surface area (Å²) in [7, 11) is 0. The van der Waals surface area contributed by atoms with Gasteiger partial charge in [-0.15, -0.1) is 0 Å². The first-order chi connectivity index (χ1) is 11.6. The molecule has 0 radical (unpaired) electrons. The van der Waals surface area contributed by atoms with Gasteiger partial charge in [0.2, 0.25) is 5.91 Å². The molecular weight excluding hydrogens is 307 g/mol. The zero-order chi connectivity index (χ0) is 16.9. The van der Waals surface area contributed by atoms with E-state index in [1.807, 2.05) is 0 Å². The van der Waals surface area contributed by atoms with Crippen LogP contribution >= 0.6 is 0 Å².